The summed E-state index contributed by atoms with van der Waals surface area (Å²) in [7, 11) is 0. The summed E-state index contributed by atoms with van der Waals surface area (Å²) in [5, 5.41) is 2.56. The average molecular weight is 415 g/mol. The predicted octanol–water partition coefficient (Wildman–Crippen LogP) is 3.38. The molecule has 0 saturated heterocycles. The summed E-state index contributed by atoms with van der Waals surface area (Å²) >= 11 is 0. The molecule has 0 spiro atoms. The van der Waals surface area contributed by atoms with Gasteiger partial charge in [0.1, 0.15) is 5.82 Å². The highest BCUT2D eigenvalue weighted by molar-refractivity contribution is 5.99. The summed E-state index contributed by atoms with van der Waals surface area (Å²) in [6.45, 7) is 5.89. The second kappa shape index (κ2) is 11.0. The van der Waals surface area contributed by atoms with Crippen LogP contribution >= 0.6 is 0 Å². The Bertz CT molecular complexity index is 886. The number of benzene rings is 1. The van der Waals surface area contributed by atoms with Crippen molar-refractivity contribution in [2.45, 2.75) is 27.2 Å². The normalized spacial score (nSPS) is 11.5. The van der Waals surface area contributed by atoms with Crippen molar-refractivity contribution in [2.24, 2.45) is 5.92 Å². The lowest BCUT2D eigenvalue weighted by atomic mass is 10.1. The molecule has 0 radical (unpaired) electrons. The molecule has 0 aliphatic rings. The average Bonchev–Trinajstić information content (AvgIpc) is 2.73. The Morgan fingerprint density at radius 1 is 1.23 bits per heavy atom. The van der Waals surface area contributed by atoms with Crippen LogP contribution < -0.4 is 10.1 Å². The van der Waals surface area contributed by atoms with Gasteiger partial charge in [-0.05, 0) is 44.5 Å². The number of nitrogens with one attached hydrogen (secondary N) is 1. The van der Waals surface area contributed by atoms with Gasteiger partial charge in [-0.15, -0.1) is 0 Å². The van der Waals surface area contributed by atoms with Crippen molar-refractivity contribution >= 4 is 17.8 Å². The van der Waals surface area contributed by atoms with Crippen LogP contribution in [0.15, 0.2) is 42.6 Å². The third-order valence-corrected chi connectivity index (χ3v) is 4.58. The molecule has 1 aromatic carbocycles. The number of carbonyl (C=O) groups is 3. The minimum Gasteiger partial charge on any atom is -0.409 e. The molecule has 1 aromatic heterocycles. The summed E-state index contributed by atoms with van der Waals surface area (Å²) in [4.78, 5) is 42.2. The van der Waals surface area contributed by atoms with Crippen molar-refractivity contribution in [3.05, 3.63) is 59.7 Å². The maximum absolute atomic E-state index is 13.2. The zero-order valence-corrected chi connectivity index (χ0v) is 17.4. The lowest BCUT2D eigenvalue weighted by Gasteiger charge is -2.21. The number of aromatic nitrogens is 1. The minimum atomic E-state index is -0.517. The van der Waals surface area contributed by atoms with Crippen LogP contribution in [0.3, 0.4) is 0 Å². The van der Waals surface area contributed by atoms with Gasteiger partial charge >= 0.3 is 6.09 Å². The van der Waals surface area contributed by atoms with Gasteiger partial charge in [0.05, 0.1) is 12.7 Å². The monoisotopic (exact) mass is 415 g/mol. The molecule has 2 aromatic rings. The van der Waals surface area contributed by atoms with E-state index in [1.165, 1.54) is 29.3 Å². The number of Topliss-reactive ketones (excluding diaryl/α,β-unsaturated/α-hetero) is 1. The Balaban J connectivity index is 1.79. The maximum atomic E-state index is 13.2. The van der Waals surface area contributed by atoms with Crippen LogP contribution in [0.1, 0.15) is 36.3 Å². The maximum Gasteiger partial charge on any atom is 0.415 e. The Morgan fingerprint density at radius 2 is 2.00 bits per heavy atom. The molecule has 0 aliphatic heterocycles. The van der Waals surface area contributed by atoms with Gasteiger partial charge in [0.25, 0.3) is 0 Å². The third-order valence-electron chi connectivity index (χ3n) is 4.58. The van der Waals surface area contributed by atoms with E-state index in [0.29, 0.717) is 25.3 Å². The summed E-state index contributed by atoms with van der Waals surface area (Å²) in [5.41, 5.74) is 1.02. The fourth-order valence-corrected chi connectivity index (χ4v) is 2.64. The van der Waals surface area contributed by atoms with E-state index in [1.807, 2.05) is 13.8 Å². The number of carbonyl (C=O) groups excluding carboxylic acids is 3. The number of hydrogen-bond donors (Lipinski definition) is 1. The quantitative estimate of drug-likeness (QED) is 0.635. The molecule has 0 fully saturated rings. The number of ether oxygens (including phenoxy) is 1. The van der Waals surface area contributed by atoms with Gasteiger partial charge in [-0.3, -0.25) is 14.6 Å². The van der Waals surface area contributed by atoms with E-state index in [0.717, 1.165) is 11.8 Å². The third kappa shape index (κ3) is 6.95. The van der Waals surface area contributed by atoms with Crippen LogP contribution in [0.4, 0.5) is 9.18 Å². The fraction of sp³-hybridized carbons (Fsp3) is 0.364. The highest BCUT2D eigenvalue weighted by Crippen LogP contribution is 2.12. The molecule has 8 heteroatoms. The molecule has 7 nitrogen and oxygen atoms in total. The van der Waals surface area contributed by atoms with E-state index < -0.39 is 17.8 Å². The highest BCUT2D eigenvalue weighted by atomic mass is 19.1. The molecule has 0 aliphatic carbocycles. The first kappa shape index (κ1) is 23.0. The number of ketones is 1. The van der Waals surface area contributed by atoms with E-state index in [2.05, 4.69) is 10.3 Å². The molecule has 1 N–H and O–H groups in total. The van der Waals surface area contributed by atoms with Gasteiger partial charge in [0, 0.05) is 30.3 Å². The molecular weight excluding hydrogens is 389 g/mol. The Morgan fingerprint density at radius 3 is 2.63 bits per heavy atom. The molecule has 2 rings (SSSR count). The van der Waals surface area contributed by atoms with Crippen LogP contribution in [0.25, 0.3) is 0 Å². The van der Waals surface area contributed by atoms with Crippen molar-refractivity contribution in [1.29, 1.82) is 0 Å². The van der Waals surface area contributed by atoms with Gasteiger partial charge in [0.15, 0.2) is 11.5 Å². The van der Waals surface area contributed by atoms with E-state index in [9.17, 15) is 18.8 Å². The van der Waals surface area contributed by atoms with E-state index in [4.69, 9.17) is 4.74 Å². The summed E-state index contributed by atoms with van der Waals surface area (Å²) < 4.78 is 18.5. The number of amides is 2. The van der Waals surface area contributed by atoms with Gasteiger partial charge in [-0.2, -0.15) is 0 Å². The smallest absolute Gasteiger partial charge is 0.409 e. The summed E-state index contributed by atoms with van der Waals surface area (Å²) in [6.07, 6.45) is 1.36. The predicted molar refractivity (Wildman–Crippen MR) is 110 cm³/mol. The lowest BCUT2D eigenvalue weighted by molar-refractivity contribution is -0.124. The first-order chi connectivity index (χ1) is 14.3. The SMILES string of the molecule is CCN(CCC(C)C(=O)NCC(=O)c1cccc(F)c1)C(=O)Oc1ccc(C)nc1. The van der Waals surface area contributed by atoms with Crippen LogP contribution in [-0.2, 0) is 4.79 Å². The number of rotatable bonds is 9. The van der Waals surface area contributed by atoms with Crippen LogP contribution in [0.2, 0.25) is 0 Å². The largest absolute Gasteiger partial charge is 0.415 e. The van der Waals surface area contributed by atoms with Crippen molar-refractivity contribution in [2.75, 3.05) is 19.6 Å². The van der Waals surface area contributed by atoms with Crippen molar-refractivity contribution in [1.82, 2.24) is 15.2 Å². The number of nitrogens with zero attached hydrogens (tertiary/aromatic N) is 2. The molecular formula is C22H26FN3O4. The minimum absolute atomic E-state index is 0.202. The molecule has 1 heterocycles. The number of aryl methyl sites for hydroxylation is 1. The van der Waals surface area contributed by atoms with Crippen LogP contribution in [0.5, 0.6) is 5.75 Å². The van der Waals surface area contributed by atoms with Gasteiger partial charge in [0.2, 0.25) is 5.91 Å². The Hall–Kier alpha value is -3.29. The summed E-state index contributed by atoms with van der Waals surface area (Å²) in [5.74, 6) is -1.26. The standard InChI is InChI=1S/C22H26FN3O4/c1-4-26(22(29)30-19-9-8-16(3)24-13-19)11-10-15(2)21(28)25-14-20(27)17-6-5-7-18(23)12-17/h5-9,12-13,15H,4,10-11,14H2,1-3H3,(H,25,28). The Kier molecular flexibility index (Phi) is 8.46. The summed E-state index contributed by atoms with van der Waals surface area (Å²) in [6, 6.07) is 8.73. The van der Waals surface area contributed by atoms with Gasteiger partial charge < -0.3 is 15.0 Å². The van der Waals surface area contributed by atoms with Crippen molar-refractivity contribution in [3.63, 3.8) is 0 Å². The zero-order valence-electron chi connectivity index (χ0n) is 17.4. The van der Waals surface area contributed by atoms with Gasteiger partial charge in [-0.25, -0.2) is 9.18 Å². The molecule has 0 bridgehead atoms. The molecule has 1 unspecified atom stereocenters. The molecule has 30 heavy (non-hydrogen) atoms. The Labute approximate surface area is 175 Å². The van der Waals surface area contributed by atoms with E-state index in [1.54, 1.807) is 19.1 Å². The van der Waals surface area contributed by atoms with Gasteiger partial charge in [-0.1, -0.05) is 19.1 Å². The number of pyridine rings is 1. The highest BCUT2D eigenvalue weighted by Gasteiger charge is 2.19. The van der Waals surface area contributed by atoms with Crippen LogP contribution in [0, 0.1) is 18.7 Å². The second-order valence-corrected chi connectivity index (χ2v) is 6.92. The van der Waals surface area contributed by atoms with E-state index >= 15 is 0 Å². The number of halogens is 1. The van der Waals surface area contributed by atoms with Crippen molar-refractivity contribution < 1.29 is 23.5 Å². The topological polar surface area (TPSA) is 88.6 Å². The van der Waals surface area contributed by atoms with Crippen molar-refractivity contribution in [3.8, 4) is 5.75 Å². The first-order valence-corrected chi connectivity index (χ1v) is 9.76. The fourth-order valence-electron chi connectivity index (χ4n) is 2.64. The molecule has 0 saturated carbocycles. The molecule has 1 atom stereocenters. The lowest BCUT2D eigenvalue weighted by Crippen LogP contribution is -2.38. The molecule has 2 amide bonds. The number of hydrogen-bond acceptors (Lipinski definition) is 5. The first-order valence-electron chi connectivity index (χ1n) is 9.76. The zero-order chi connectivity index (χ0) is 22.1. The molecule has 160 valence electrons. The van der Waals surface area contributed by atoms with E-state index in [-0.39, 0.29) is 23.8 Å². The van der Waals surface area contributed by atoms with Crippen LogP contribution in [-0.4, -0.2) is 47.3 Å². The second-order valence-electron chi connectivity index (χ2n) is 6.92.